The molecule has 1 aliphatic carbocycles. The van der Waals surface area contributed by atoms with Gasteiger partial charge in [0.1, 0.15) is 5.76 Å². The number of hydrogen-bond acceptors (Lipinski definition) is 6. The van der Waals surface area contributed by atoms with Crippen LogP contribution in [0.4, 0.5) is 0 Å². The molecule has 0 aromatic carbocycles. The summed E-state index contributed by atoms with van der Waals surface area (Å²) in [7, 11) is 1.44. The number of hydrogen-bond donors (Lipinski definition) is 2. The summed E-state index contributed by atoms with van der Waals surface area (Å²) in [6.45, 7) is 2.23. The first-order valence-electron chi connectivity index (χ1n) is 7.38. The first kappa shape index (κ1) is 15.2. The molecular weight excluding hydrogens is 302 g/mol. The molecule has 1 fully saturated rings. The summed E-state index contributed by atoms with van der Waals surface area (Å²) in [5.41, 5.74) is -0.272. The minimum atomic E-state index is -0.447. The predicted octanol–water partition coefficient (Wildman–Crippen LogP) is -0.514. The largest absolute Gasteiger partial charge is 0.360 e. The van der Waals surface area contributed by atoms with Crippen LogP contribution in [0.25, 0.3) is 10.9 Å². The number of amides is 2. The number of fused-ring (bicyclic) bond motifs is 1. The summed E-state index contributed by atoms with van der Waals surface area (Å²) in [6.07, 6.45) is 1.87. The molecule has 122 valence electrons. The van der Waals surface area contributed by atoms with E-state index in [2.05, 4.69) is 20.9 Å². The Balaban J connectivity index is 1.70. The molecule has 9 heteroatoms. The van der Waals surface area contributed by atoms with Gasteiger partial charge >= 0.3 is 0 Å². The molecule has 2 heterocycles. The molecule has 0 unspecified atom stereocenters. The zero-order chi connectivity index (χ0) is 16.6. The quantitative estimate of drug-likeness (QED) is 0.716. The van der Waals surface area contributed by atoms with Crippen molar-refractivity contribution in [1.82, 2.24) is 25.6 Å². The van der Waals surface area contributed by atoms with Crippen LogP contribution in [0.3, 0.4) is 0 Å². The monoisotopic (exact) mass is 319 g/mol. The Morgan fingerprint density at radius 1 is 1.30 bits per heavy atom. The molecule has 1 aliphatic rings. The van der Waals surface area contributed by atoms with E-state index >= 15 is 0 Å². The van der Waals surface area contributed by atoms with Gasteiger partial charge in [-0.1, -0.05) is 5.16 Å². The molecular formula is C14H17N5O4. The second-order valence-electron chi connectivity index (χ2n) is 5.56. The molecule has 2 aromatic rings. The van der Waals surface area contributed by atoms with Crippen molar-refractivity contribution in [1.29, 1.82) is 0 Å². The molecule has 0 atom stereocenters. The van der Waals surface area contributed by atoms with Gasteiger partial charge in [0.15, 0.2) is 11.2 Å². The fraction of sp³-hybridized carbons (Fsp3) is 0.500. The van der Waals surface area contributed by atoms with E-state index in [0.717, 1.165) is 17.5 Å². The number of aromatic nitrogens is 3. The minimum Gasteiger partial charge on any atom is -0.360 e. The van der Waals surface area contributed by atoms with Crippen LogP contribution in [0, 0.1) is 12.8 Å². The molecule has 1 saturated carbocycles. The molecule has 3 rings (SSSR count). The Hall–Kier alpha value is -2.71. The first-order chi connectivity index (χ1) is 11.0. The number of carbonyl (C=O) groups is 2. The Labute approximate surface area is 131 Å². The van der Waals surface area contributed by atoms with Crippen LogP contribution in [0.15, 0.2) is 9.32 Å². The molecule has 0 bridgehead atoms. The summed E-state index contributed by atoms with van der Waals surface area (Å²) in [4.78, 5) is 35.7. The summed E-state index contributed by atoms with van der Waals surface area (Å²) >= 11 is 0. The van der Waals surface area contributed by atoms with E-state index in [4.69, 9.17) is 4.52 Å². The van der Waals surface area contributed by atoms with Gasteiger partial charge in [-0.25, -0.2) is 4.68 Å². The van der Waals surface area contributed by atoms with Gasteiger partial charge in [-0.15, -0.1) is 0 Å². The fourth-order valence-electron chi connectivity index (χ4n) is 2.29. The normalized spacial score (nSPS) is 14.0. The molecule has 0 saturated heterocycles. The van der Waals surface area contributed by atoms with Crippen LogP contribution < -0.4 is 16.2 Å². The average molecular weight is 319 g/mol. The first-order valence-corrected chi connectivity index (χ1v) is 7.38. The predicted molar refractivity (Wildman–Crippen MR) is 79.8 cm³/mol. The molecule has 9 nitrogen and oxygen atoms in total. The highest BCUT2D eigenvalue weighted by Crippen LogP contribution is 2.28. The zero-order valence-corrected chi connectivity index (χ0v) is 12.9. The van der Waals surface area contributed by atoms with Gasteiger partial charge in [0.25, 0.3) is 11.5 Å². The average Bonchev–Trinajstić information content (AvgIpc) is 3.30. The minimum absolute atomic E-state index is 0.0248. The van der Waals surface area contributed by atoms with E-state index in [1.165, 1.54) is 7.05 Å². The highest BCUT2D eigenvalue weighted by Gasteiger charge is 2.29. The lowest BCUT2D eigenvalue weighted by Crippen LogP contribution is -2.36. The van der Waals surface area contributed by atoms with Gasteiger partial charge in [0.2, 0.25) is 5.91 Å². The zero-order valence-electron chi connectivity index (χ0n) is 12.9. The summed E-state index contributed by atoms with van der Waals surface area (Å²) in [6, 6.07) is 0. The second-order valence-corrected chi connectivity index (χ2v) is 5.56. The van der Waals surface area contributed by atoms with Crippen LogP contribution in [0.2, 0.25) is 0 Å². The third kappa shape index (κ3) is 2.94. The van der Waals surface area contributed by atoms with Crippen LogP contribution in [0.1, 0.15) is 29.1 Å². The lowest BCUT2D eigenvalue weighted by Gasteiger charge is -2.07. The Kier molecular flexibility index (Phi) is 3.85. The number of nitrogens with zero attached hydrogens (tertiary/aromatic N) is 3. The lowest BCUT2D eigenvalue weighted by molar-refractivity contribution is -0.122. The standard InChI is InChI=1S/C14H17N5O4/c1-7-9-10(17-19(2)14(22)11(9)18-23-7)13(21)16-6-5-15-12(20)8-3-4-8/h8H,3-6H2,1-2H3,(H,15,20)(H,16,21). The van der Waals surface area contributed by atoms with E-state index < -0.39 is 11.5 Å². The summed E-state index contributed by atoms with van der Waals surface area (Å²) < 4.78 is 6.04. The van der Waals surface area contributed by atoms with Crippen molar-refractivity contribution in [3.63, 3.8) is 0 Å². The van der Waals surface area contributed by atoms with E-state index in [0.29, 0.717) is 17.7 Å². The fourth-order valence-corrected chi connectivity index (χ4v) is 2.29. The molecule has 2 amide bonds. The number of rotatable bonds is 5. The molecule has 0 radical (unpaired) electrons. The van der Waals surface area contributed by atoms with Gasteiger partial charge < -0.3 is 15.2 Å². The molecule has 2 aromatic heterocycles. The molecule has 0 aliphatic heterocycles. The van der Waals surface area contributed by atoms with E-state index in [9.17, 15) is 14.4 Å². The maximum Gasteiger partial charge on any atom is 0.296 e. The highest BCUT2D eigenvalue weighted by atomic mass is 16.5. The van der Waals surface area contributed by atoms with Gasteiger partial charge in [-0.3, -0.25) is 14.4 Å². The highest BCUT2D eigenvalue weighted by molar-refractivity contribution is 6.04. The third-order valence-electron chi connectivity index (χ3n) is 3.72. The van der Waals surface area contributed by atoms with E-state index in [1.54, 1.807) is 6.92 Å². The lowest BCUT2D eigenvalue weighted by atomic mass is 10.2. The van der Waals surface area contributed by atoms with Crippen molar-refractivity contribution in [2.45, 2.75) is 19.8 Å². The van der Waals surface area contributed by atoms with Gasteiger partial charge in [-0.2, -0.15) is 5.10 Å². The maximum absolute atomic E-state index is 12.3. The van der Waals surface area contributed by atoms with Crippen molar-refractivity contribution < 1.29 is 14.1 Å². The van der Waals surface area contributed by atoms with Gasteiger partial charge in [0.05, 0.1) is 5.39 Å². The number of carbonyl (C=O) groups excluding carboxylic acids is 2. The maximum atomic E-state index is 12.3. The van der Waals surface area contributed by atoms with E-state index in [1.807, 2.05) is 0 Å². The van der Waals surface area contributed by atoms with Crippen molar-refractivity contribution in [2.75, 3.05) is 13.1 Å². The molecule has 23 heavy (non-hydrogen) atoms. The Bertz CT molecular complexity index is 834. The van der Waals surface area contributed by atoms with Crippen LogP contribution >= 0.6 is 0 Å². The number of aryl methyl sites for hydroxylation is 2. The molecule has 2 N–H and O–H groups in total. The smallest absolute Gasteiger partial charge is 0.296 e. The Morgan fingerprint density at radius 2 is 2.00 bits per heavy atom. The molecule has 0 spiro atoms. The number of nitrogens with one attached hydrogen (secondary N) is 2. The van der Waals surface area contributed by atoms with Crippen LogP contribution in [0.5, 0.6) is 0 Å². The summed E-state index contributed by atoms with van der Waals surface area (Å²) in [5, 5.41) is 13.4. The van der Waals surface area contributed by atoms with E-state index in [-0.39, 0.29) is 29.6 Å². The van der Waals surface area contributed by atoms with Crippen LogP contribution in [-0.2, 0) is 11.8 Å². The third-order valence-corrected chi connectivity index (χ3v) is 3.72. The second kappa shape index (κ2) is 5.82. The summed E-state index contributed by atoms with van der Waals surface area (Å²) in [5.74, 6) is 0.0713. The topological polar surface area (TPSA) is 119 Å². The van der Waals surface area contributed by atoms with Gasteiger partial charge in [0, 0.05) is 26.1 Å². The SMILES string of the molecule is Cc1onc2c(=O)n(C)nc(C(=O)NCCNC(=O)C3CC3)c12. The van der Waals surface area contributed by atoms with Crippen molar-refractivity contribution in [3.8, 4) is 0 Å². The Morgan fingerprint density at radius 3 is 2.70 bits per heavy atom. The van der Waals surface area contributed by atoms with Crippen molar-refractivity contribution in [3.05, 3.63) is 21.8 Å². The van der Waals surface area contributed by atoms with Crippen molar-refractivity contribution in [2.24, 2.45) is 13.0 Å². The van der Waals surface area contributed by atoms with Gasteiger partial charge in [-0.05, 0) is 19.8 Å². The van der Waals surface area contributed by atoms with Crippen LogP contribution in [-0.4, -0.2) is 39.8 Å². The van der Waals surface area contributed by atoms with Crippen molar-refractivity contribution >= 4 is 22.7 Å².